The topological polar surface area (TPSA) is 0 Å². The van der Waals surface area contributed by atoms with Crippen molar-refractivity contribution in [1.29, 1.82) is 0 Å². The summed E-state index contributed by atoms with van der Waals surface area (Å²) in [4.78, 5) is 0. The third-order valence-electron chi connectivity index (χ3n) is 4.85. The molecule has 0 aromatic heterocycles. The molecule has 0 aliphatic heterocycles. The van der Waals surface area contributed by atoms with Crippen molar-refractivity contribution in [3.05, 3.63) is 146 Å². The molecule has 0 N–H and O–H groups in total. The average molecular weight is 746 g/mol. The van der Waals surface area contributed by atoms with E-state index in [0.29, 0.717) is 0 Å². The van der Waals surface area contributed by atoms with Gasteiger partial charge in [0.25, 0.3) is 0 Å². The molecule has 0 spiro atoms. The number of halogens is 4. The van der Waals surface area contributed by atoms with Gasteiger partial charge in [0.15, 0.2) is 0 Å². The maximum absolute atomic E-state index is 4.93. The Morgan fingerprint density at radius 2 is 0.892 bits per heavy atom. The summed E-state index contributed by atoms with van der Waals surface area (Å²) in [7, 11) is 9.87. The summed E-state index contributed by atoms with van der Waals surface area (Å²) < 4.78 is 0. The smallest absolute Gasteiger partial charge is 2.00 e. The predicted octanol–water partition coefficient (Wildman–Crippen LogP) is 5.46. The van der Waals surface area contributed by atoms with Crippen LogP contribution in [0.4, 0.5) is 0 Å². The Morgan fingerprint density at radius 1 is 0.622 bits per heavy atom. The number of allylic oxidation sites excluding steroid dienone is 16. The van der Waals surface area contributed by atoms with Crippen LogP contribution in [0.3, 0.4) is 0 Å². The van der Waals surface area contributed by atoms with E-state index in [0.717, 1.165) is 25.7 Å². The molecule has 0 radical (unpaired) electrons. The SMILES string of the molecule is CC1=CCC(C2=C(C)C(C)=CC2)=C1C.[C-]1=CC=CC1.[C-]1=CC=CC1.[CH3-].[CH3-].[CH3-].[CH3-].[CH3-].[CH3-].[CH3-].[Cl-].[Cl-].[Cl][Zr][Cl].[Zr+2]. The molecule has 6 heteroatoms. The number of hydrogen-bond acceptors (Lipinski definition) is 0. The Labute approximate surface area is 285 Å². The van der Waals surface area contributed by atoms with Crippen LogP contribution in [0.25, 0.3) is 0 Å². The zero-order valence-corrected chi connectivity index (χ0v) is 32.9. The second-order valence-electron chi connectivity index (χ2n) is 6.47. The maximum atomic E-state index is 4.93. The van der Waals surface area contributed by atoms with Gasteiger partial charge in [-0.15, -0.1) is 12.8 Å². The van der Waals surface area contributed by atoms with Crippen LogP contribution in [0.2, 0.25) is 0 Å². The van der Waals surface area contributed by atoms with Gasteiger partial charge in [0.05, 0.1) is 0 Å². The Balaban J connectivity index is -0.0000000345. The molecule has 0 saturated carbocycles. The molecule has 0 aromatic carbocycles. The summed E-state index contributed by atoms with van der Waals surface area (Å²) in [5, 5.41) is 0. The monoisotopic (exact) mass is 741 g/mol. The fraction of sp³-hybridized carbons (Fsp3) is 0.258. The largest absolute Gasteiger partial charge is 2.00 e. The fourth-order valence-electron chi connectivity index (χ4n) is 2.98. The van der Waals surface area contributed by atoms with Crippen LogP contribution in [-0.4, -0.2) is 0 Å². The first-order chi connectivity index (χ1) is 13.0. The van der Waals surface area contributed by atoms with Gasteiger partial charge in [0.1, 0.15) is 0 Å². The van der Waals surface area contributed by atoms with Gasteiger partial charge in [0.2, 0.25) is 0 Å². The zero-order chi connectivity index (χ0) is 20.1. The van der Waals surface area contributed by atoms with E-state index < -0.39 is 20.8 Å². The van der Waals surface area contributed by atoms with Crippen LogP contribution >= 0.6 is 17.0 Å². The first kappa shape index (κ1) is 66.3. The molecule has 218 valence electrons. The molecule has 0 aromatic rings. The third kappa shape index (κ3) is 26.8. The van der Waals surface area contributed by atoms with E-state index in [4.69, 9.17) is 17.0 Å². The minimum Gasteiger partial charge on any atom is 2.00 e. The minimum absolute atomic E-state index is 0. The molecule has 0 heterocycles. The Hall–Kier alpha value is 0.846. The molecule has 4 aliphatic rings. The molecule has 4 rings (SSSR count). The Morgan fingerprint density at radius 3 is 1.00 bits per heavy atom. The molecule has 0 nitrogen and oxygen atoms in total. The standard InChI is InChI=1S/C14H18.2C5H5.7CH3.4ClH.2Zr/c1-9-5-7-13(11(9)3)14-8-6-10(2)12(14)4;2*1-2-4-5-3-1;;;;;;;;;;;;;/h5-6H,7-8H2,1-4H3;2*1-3H,4H2;7*1H3;4*1H;;/q;9*-1;;;;;2*+2/p-4. The molecular formula is C31H49Cl4Zr2-9. The van der Waals surface area contributed by atoms with E-state index in [1.165, 1.54) is 22.3 Å². The Kier molecular flexibility index (Phi) is 74.0. The number of hydrogen-bond donors (Lipinski definition) is 0. The van der Waals surface area contributed by atoms with Gasteiger partial charge in [-0.25, -0.2) is 24.3 Å². The summed E-state index contributed by atoms with van der Waals surface area (Å²) >= 11 is -0.826. The van der Waals surface area contributed by atoms with Gasteiger partial charge >= 0.3 is 64.1 Å². The first-order valence-corrected chi connectivity index (χ1v) is 15.5. The maximum Gasteiger partial charge on any atom is 2.00 e. The van der Waals surface area contributed by atoms with E-state index >= 15 is 0 Å². The van der Waals surface area contributed by atoms with Crippen molar-refractivity contribution >= 4 is 17.0 Å². The van der Waals surface area contributed by atoms with Crippen LogP contribution < -0.4 is 24.8 Å². The summed E-state index contributed by atoms with van der Waals surface area (Å²) in [5.74, 6) is 0. The molecule has 0 saturated heterocycles. The van der Waals surface area contributed by atoms with E-state index in [1.807, 2.05) is 24.3 Å². The molecule has 0 atom stereocenters. The van der Waals surface area contributed by atoms with Crippen molar-refractivity contribution in [3.63, 3.8) is 0 Å². The van der Waals surface area contributed by atoms with Crippen molar-refractivity contribution in [1.82, 2.24) is 0 Å². The quantitative estimate of drug-likeness (QED) is 0.313. The van der Waals surface area contributed by atoms with E-state index in [9.17, 15) is 0 Å². The van der Waals surface area contributed by atoms with Crippen molar-refractivity contribution in [3.8, 4) is 0 Å². The first-order valence-electron chi connectivity index (χ1n) is 9.16. The van der Waals surface area contributed by atoms with Crippen LogP contribution in [0.5, 0.6) is 0 Å². The summed E-state index contributed by atoms with van der Waals surface area (Å²) in [6.07, 6.45) is 27.0. The molecule has 0 amide bonds. The van der Waals surface area contributed by atoms with Gasteiger partial charge in [-0.1, -0.05) is 23.3 Å². The van der Waals surface area contributed by atoms with E-state index in [-0.39, 0.29) is 103 Å². The molecule has 0 unspecified atom stereocenters. The molecular weight excluding hydrogens is 697 g/mol. The van der Waals surface area contributed by atoms with Crippen LogP contribution in [-0.2, 0) is 47.1 Å². The summed E-state index contributed by atoms with van der Waals surface area (Å²) in [6, 6.07) is 0. The second-order valence-corrected chi connectivity index (χ2v) is 10.2. The van der Waals surface area contributed by atoms with Crippen molar-refractivity contribution < 1.29 is 71.9 Å². The van der Waals surface area contributed by atoms with Gasteiger partial charge in [-0.3, -0.25) is 12.2 Å². The van der Waals surface area contributed by atoms with Crippen LogP contribution in [0.1, 0.15) is 53.4 Å². The number of rotatable bonds is 1. The fourth-order valence-corrected chi connectivity index (χ4v) is 2.98. The van der Waals surface area contributed by atoms with Crippen molar-refractivity contribution in [2.75, 3.05) is 0 Å². The molecule has 0 bridgehead atoms. The molecule has 0 fully saturated rings. The zero-order valence-electron chi connectivity index (χ0n) is 25.0. The van der Waals surface area contributed by atoms with E-state index in [1.54, 1.807) is 11.1 Å². The van der Waals surface area contributed by atoms with Gasteiger partial charge in [-0.05, 0) is 62.8 Å². The van der Waals surface area contributed by atoms with Crippen molar-refractivity contribution in [2.45, 2.75) is 53.4 Å². The third-order valence-corrected chi connectivity index (χ3v) is 4.85. The minimum atomic E-state index is -0.826. The average Bonchev–Trinajstić information content (AvgIpc) is 3.45. The molecule has 37 heavy (non-hydrogen) atoms. The van der Waals surface area contributed by atoms with Gasteiger partial charge < -0.3 is 76.8 Å². The summed E-state index contributed by atoms with van der Waals surface area (Å²) in [6.45, 7) is 8.94. The van der Waals surface area contributed by atoms with Gasteiger partial charge in [0, 0.05) is 0 Å². The van der Waals surface area contributed by atoms with Crippen LogP contribution in [0, 0.1) is 64.1 Å². The molecule has 4 aliphatic carbocycles. The normalized spacial score (nSPS) is 13.5. The van der Waals surface area contributed by atoms with Crippen molar-refractivity contribution in [2.24, 2.45) is 0 Å². The summed E-state index contributed by atoms with van der Waals surface area (Å²) in [5.41, 5.74) is 9.08. The van der Waals surface area contributed by atoms with Gasteiger partial charge in [-0.2, -0.15) is 12.2 Å². The predicted molar refractivity (Wildman–Crippen MR) is 162 cm³/mol. The van der Waals surface area contributed by atoms with E-state index in [2.05, 4.69) is 64.2 Å². The second kappa shape index (κ2) is 41.3. The Bertz CT molecular complexity index is 656. The van der Waals surface area contributed by atoms with Crippen LogP contribution in [0.15, 0.2) is 82.0 Å².